The molecular weight excluding hydrogens is 252 g/mol. The van der Waals surface area contributed by atoms with Crippen LogP contribution in [0.3, 0.4) is 0 Å². The van der Waals surface area contributed by atoms with Crippen molar-refractivity contribution in [2.75, 3.05) is 13.2 Å². The summed E-state index contributed by atoms with van der Waals surface area (Å²) in [5.74, 6) is 1.90. The van der Waals surface area contributed by atoms with Crippen LogP contribution in [0.2, 0.25) is 0 Å². The van der Waals surface area contributed by atoms with Crippen LogP contribution in [-0.2, 0) is 13.0 Å². The summed E-state index contributed by atoms with van der Waals surface area (Å²) in [6.45, 7) is 4.70. The number of nitrogens with one attached hydrogen (secondary N) is 2. The number of rotatable bonds is 9. The van der Waals surface area contributed by atoms with E-state index in [1.807, 2.05) is 12.1 Å². The summed E-state index contributed by atoms with van der Waals surface area (Å²) >= 11 is 0. The Morgan fingerprint density at radius 1 is 1.35 bits per heavy atom. The van der Waals surface area contributed by atoms with Crippen molar-refractivity contribution in [3.05, 3.63) is 42.0 Å². The van der Waals surface area contributed by atoms with Crippen molar-refractivity contribution in [1.29, 1.82) is 0 Å². The summed E-state index contributed by atoms with van der Waals surface area (Å²) in [7, 11) is 0. The first-order valence-corrected chi connectivity index (χ1v) is 7.15. The fraction of sp³-hybridized carbons (Fsp3) is 0.467. The minimum atomic E-state index is 0.772. The summed E-state index contributed by atoms with van der Waals surface area (Å²) in [5, 5.41) is 10.1. The third kappa shape index (κ3) is 5.01. The molecule has 0 fully saturated rings. The average molecular weight is 274 g/mol. The van der Waals surface area contributed by atoms with E-state index in [4.69, 9.17) is 4.74 Å². The molecule has 5 heteroatoms. The lowest BCUT2D eigenvalue weighted by Gasteiger charge is -2.08. The first-order valence-electron chi connectivity index (χ1n) is 7.15. The Morgan fingerprint density at radius 3 is 3.10 bits per heavy atom. The van der Waals surface area contributed by atoms with Crippen molar-refractivity contribution in [2.24, 2.45) is 0 Å². The molecule has 20 heavy (non-hydrogen) atoms. The van der Waals surface area contributed by atoms with Gasteiger partial charge in [-0.1, -0.05) is 19.1 Å². The molecule has 1 aromatic carbocycles. The number of nitrogens with zero attached hydrogens (tertiary/aromatic N) is 2. The summed E-state index contributed by atoms with van der Waals surface area (Å²) < 4.78 is 5.63. The zero-order chi connectivity index (χ0) is 14.0. The molecule has 0 bridgehead atoms. The number of aryl methyl sites for hydroxylation is 1. The zero-order valence-electron chi connectivity index (χ0n) is 11.9. The number of hydrogen-bond acceptors (Lipinski definition) is 4. The van der Waals surface area contributed by atoms with E-state index >= 15 is 0 Å². The lowest BCUT2D eigenvalue weighted by molar-refractivity contribution is 0.317. The van der Waals surface area contributed by atoms with Gasteiger partial charge in [-0.15, -0.1) is 0 Å². The molecule has 1 aromatic heterocycles. The van der Waals surface area contributed by atoms with E-state index < -0.39 is 0 Å². The van der Waals surface area contributed by atoms with Crippen LogP contribution in [-0.4, -0.2) is 28.3 Å². The monoisotopic (exact) mass is 274 g/mol. The molecule has 0 aliphatic rings. The summed E-state index contributed by atoms with van der Waals surface area (Å²) in [6, 6.07) is 8.25. The van der Waals surface area contributed by atoms with E-state index in [1.165, 1.54) is 5.56 Å². The van der Waals surface area contributed by atoms with Crippen LogP contribution in [0.25, 0.3) is 0 Å². The Morgan fingerprint density at radius 2 is 2.30 bits per heavy atom. The van der Waals surface area contributed by atoms with Gasteiger partial charge < -0.3 is 10.1 Å². The van der Waals surface area contributed by atoms with Gasteiger partial charge >= 0.3 is 0 Å². The lowest BCUT2D eigenvalue weighted by atomic mass is 10.2. The van der Waals surface area contributed by atoms with Crippen molar-refractivity contribution in [3.8, 4) is 5.75 Å². The molecule has 1 heterocycles. The average Bonchev–Trinajstić information content (AvgIpc) is 2.98. The highest BCUT2D eigenvalue weighted by Crippen LogP contribution is 2.13. The fourth-order valence-corrected chi connectivity index (χ4v) is 1.93. The predicted molar refractivity (Wildman–Crippen MR) is 78.6 cm³/mol. The topological polar surface area (TPSA) is 62.8 Å². The highest BCUT2D eigenvalue weighted by molar-refractivity contribution is 5.28. The zero-order valence-corrected chi connectivity index (χ0v) is 11.9. The molecule has 5 nitrogen and oxygen atoms in total. The number of H-pyrrole nitrogens is 1. The molecule has 0 atom stereocenters. The third-order valence-electron chi connectivity index (χ3n) is 2.93. The molecule has 0 saturated heterocycles. The summed E-state index contributed by atoms with van der Waals surface area (Å²) in [5.41, 5.74) is 1.25. The van der Waals surface area contributed by atoms with Crippen LogP contribution in [0.1, 0.15) is 31.2 Å². The second kappa shape index (κ2) is 8.32. The van der Waals surface area contributed by atoms with Crippen LogP contribution >= 0.6 is 0 Å². The first-order chi connectivity index (χ1) is 9.88. The van der Waals surface area contributed by atoms with Gasteiger partial charge in [0.25, 0.3) is 0 Å². The Bertz CT molecular complexity index is 484. The molecule has 0 amide bonds. The second-order valence-electron chi connectivity index (χ2n) is 4.71. The van der Waals surface area contributed by atoms with Gasteiger partial charge in [0.05, 0.1) is 6.61 Å². The van der Waals surface area contributed by atoms with Gasteiger partial charge in [-0.05, 0) is 37.1 Å². The Balaban J connectivity index is 1.65. The quantitative estimate of drug-likeness (QED) is 0.689. The number of aromatic nitrogens is 3. The van der Waals surface area contributed by atoms with E-state index in [2.05, 4.69) is 39.6 Å². The van der Waals surface area contributed by atoms with Crippen molar-refractivity contribution in [3.63, 3.8) is 0 Å². The van der Waals surface area contributed by atoms with Gasteiger partial charge in [0.2, 0.25) is 0 Å². The molecule has 2 rings (SSSR count). The Kier molecular flexibility index (Phi) is 6.05. The molecule has 2 N–H and O–H groups in total. The second-order valence-corrected chi connectivity index (χ2v) is 4.71. The van der Waals surface area contributed by atoms with E-state index in [1.54, 1.807) is 6.33 Å². The summed E-state index contributed by atoms with van der Waals surface area (Å²) in [4.78, 5) is 4.10. The minimum absolute atomic E-state index is 0.772. The molecule has 0 aliphatic heterocycles. The smallest absolute Gasteiger partial charge is 0.137 e. The Labute approximate surface area is 119 Å². The number of aromatic amines is 1. The number of hydrogen-bond donors (Lipinski definition) is 2. The maximum atomic E-state index is 5.63. The van der Waals surface area contributed by atoms with E-state index in [0.717, 1.165) is 50.5 Å². The fourth-order valence-electron chi connectivity index (χ4n) is 1.93. The predicted octanol–water partition coefficient (Wildman–Crippen LogP) is 2.32. The highest BCUT2D eigenvalue weighted by Gasteiger charge is 1.98. The lowest BCUT2D eigenvalue weighted by Crippen LogP contribution is -2.15. The van der Waals surface area contributed by atoms with Crippen molar-refractivity contribution in [1.82, 2.24) is 20.5 Å². The van der Waals surface area contributed by atoms with Crippen molar-refractivity contribution in [2.45, 2.75) is 32.7 Å². The molecule has 2 aromatic rings. The first kappa shape index (κ1) is 14.5. The van der Waals surface area contributed by atoms with Gasteiger partial charge in [0.15, 0.2) is 0 Å². The van der Waals surface area contributed by atoms with E-state index in [-0.39, 0.29) is 0 Å². The van der Waals surface area contributed by atoms with Crippen LogP contribution < -0.4 is 10.1 Å². The van der Waals surface area contributed by atoms with Gasteiger partial charge in [-0.2, -0.15) is 5.10 Å². The van der Waals surface area contributed by atoms with Gasteiger partial charge in [-0.25, -0.2) is 4.98 Å². The number of benzene rings is 1. The standard InChI is InChI=1S/C15H22N4O/c1-2-9-20-14-6-3-5-13(10-14)11-16-8-4-7-15-17-12-18-19-15/h3,5-6,10,12,16H,2,4,7-9,11H2,1H3,(H,17,18,19). The molecule has 0 spiro atoms. The van der Waals surface area contributed by atoms with Gasteiger partial charge in [-0.3, -0.25) is 5.10 Å². The molecular formula is C15H22N4O. The maximum absolute atomic E-state index is 5.63. The van der Waals surface area contributed by atoms with Crippen molar-refractivity contribution < 1.29 is 4.74 Å². The molecule has 0 aliphatic carbocycles. The van der Waals surface area contributed by atoms with E-state index in [0.29, 0.717) is 0 Å². The summed E-state index contributed by atoms with van der Waals surface area (Å²) in [6.07, 6.45) is 4.54. The molecule has 0 saturated carbocycles. The van der Waals surface area contributed by atoms with Crippen molar-refractivity contribution >= 4 is 0 Å². The van der Waals surface area contributed by atoms with Crippen LogP contribution in [0.5, 0.6) is 5.75 Å². The largest absolute Gasteiger partial charge is 0.494 e. The molecule has 0 radical (unpaired) electrons. The van der Waals surface area contributed by atoms with Crippen LogP contribution in [0, 0.1) is 0 Å². The molecule has 0 unspecified atom stereocenters. The maximum Gasteiger partial charge on any atom is 0.137 e. The van der Waals surface area contributed by atoms with E-state index in [9.17, 15) is 0 Å². The third-order valence-corrected chi connectivity index (χ3v) is 2.93. The normalized spacial score (nSPS) is 10.7. The highest BCUT2D eigenvalue weighted by atomic mass is 16.5. The van der Waals surface area contributed by atoms with Gasteiger partial charge in [0.1, 0.15) is 17.9 Å². The minimum Gasteiger partial charge on any atom is -0.494 e. The van der Waals surface area contributed by atoms with Crippen LogP contribution in [0.4, 0.5) is 0 Å². The van der Waals surface area contributed by atoms with Crippen LogP contribution in [0.15, 0.2) is 30.6 Å². The Hall–Kier alpha value is -1.88. The molecule has 108 valence electrons. The SMILES string of the molecule is CCCOc1cccc(CNCCCc2ncn[nH]2)c1. The van der Waals surface area contributed by atoms with Gasteiger partial charge in [0, 0.05) is 13.0 Å². The number of ether oxygens (including phenoxy) is 1.